The zero-order valence-electron chi connectivity index (χ0n) is 8.51. The van der Waals surface area contributed by atoms with Gasteiger partial charge < -0.3 is 10.4 Å². The predicted octanol–water partition coefficient (Wildman–Crippen LogP) is 2.68. The van der Waals surface area contributed by atoms with Crippen molar-refractivity contribution in [2.24, 2.45) is 0 Å². The maximum Gasteiger partial charge on any atom is 0.0730 e. The van der Waals surface area contributed by atoms with E-state index in [4.69, 9.17) is 5.11 Å². The number of aliphatic hydroxyl groups excluding tert-OH is 1. The lowest BCUT2D eigenvalue weighted by molar-refractivity contribution is 0.183. The highest BCUT2D eigenvalue weighted by molar-refractivity contribution is 9.11. The molecule has 1 aromatic heterocycles. The van der Waals surface area contributed by atoms with Crippen LogP contribution in [0.1, 0.15) is 23.8 Å². The Hall–Kier alpha value is 0.100. The Kier molecular flexibility index (Phi) is 5.09. The van der Waals surface area contributed by atoms with Crippen molar-refractivity contribution in [1.82, 2.24) is 5.32 Å². The van der Waals surface area contributed by atoms with E-state index in [9.17, 15) is 0 Å². The molecule has 0 aliphatic heterocycles. The van der Waals surface area contributed by atoms with E-state index in [2.05, 4.69) is 34.2 Å². The molecule has 0 aromatic carbocycles. The van der Waals surface area contributed by atoms with Gasteiger partial charge in [-0.25, -0.2) is 0 Å². The molecule has 0 aliphatic rings. The molecule has 1 unspecified atom stereocenters. The molecule has 1 aromatic rings. The Morgan fingerprint density at radius 3 is 2.86 bits per heavy atom. The molecule has 2 N–H and O–H groups in total. The van der Waals surface area contributed by atoms with Gasteiger partial charge in [0.1, 0.15) is 0 Å². The SMILES string of the molecule is Cc1cc(CNCCC(C)O)sc1Br. The van der Waals surface area contributed by atoms with Gasteiger partial charge in [-0.15, -0.1) is 11.3 Å². The smallest absolute Gasteiger partial charge is 0.0730 e. The molecule has 0 saturated heterocycles. The molecule has 0 bridgehead atoms. The first kappa shape index (κ1) is 12.2. The van der Waals surface area contributed by atoms with E-state index in [-0.39, 0.29) is 6.10 Å². The second-order valence-electron chi connectivity index (χ2n) is 3.48. The number of halogens is 1. The number of aliphatic hydroxyl groups is 1. The van der Waals surface area contributed by atoms with E-state index < -0.39 is 0 Å². The molecular formula is C10H16BrNOS. The first-order valence-corrected chi connectivity index (χ1v) is 6.34. The number of thiophene rings is 1. The summed E-state index contributed by atoms with van der Waals surface area (Å²) in [6.45, 7) is 5.67. The molecule has 2 nitrogen and oxygen atoms in total. The third-order valence-corrected chi connectivity index (χ3v) is 4.08. The Morgan fingerprint density at radius 2 is 2.36 bits per heavy atom. The number of nitrogens with one attached hydrogen (secondary N) is 1. The molecule has 0 radical (unpaired) electrons. The fourth-order valence-electron chi connectivity index (χ4n) is 1.13. The molecule has 4 heteroatoms. The Balaban J connectivity index is 2.25. The van der Waals surface area contributed by atoms with Gasteiger partial charge in [0, 0.05) is 11.4 Å². The molecule has 1 rings (SSSR count). The average Bonchev–Trinajstić information content (AvgIpc) is 2.40. The monoisotopic (exact) mass is 277 g/mol. The van der Waals surface area contributed by atoms with Crippen LogP contribution in [0.5, 0.6) is 0 Å². The quantitative estimate of drug-likeness (QED) is 0.812. The first-order chi connectivity index (χ1) is 6.59. The highest BCUT2D eigenvalue weighted by Crippen LogP contribution is 2.26. The lowest BCUT2D eigenvalue weighted by atomic mass is 10.3. The molecule has 0 fully saturated rings. The molecule has 0 amide bonds. The minimum atomic E-state index is -0.209. The van der Waals surface area contributed by atoms with Crippen molar-refractivity contribution in [3.63, 3.8) is 0 Å². The number of hydrogen-bond acceptors (Lipinski definition) is 3. The van der Waals surface area contributed by atoms with Crippen LogP contribution in [0.25, 0.3) is 0 Å². The Bertz CT molecular complexity index is 266. The molecule has 1 heterocycles. The van der Waals surface area contributed by atoms with Crippen LogP contribution in [0.2, 0.25) is 0 Å². The molecule has 80 valence electrons. The van der Waals surface area contributed by atoms with Crippen LogP contribution in [-0.4, -0.2) is 17.8 Å². The summed E-state index contributed by atoms with van der Waals surface area (Å²) in [6.07, 6.45) is 0.602. The first-order valence-electron chi connectivity index (χ1n) is 4.73. The highest BCUT2D eigenvalue weighted by atomic mass is 79.9. The summed E-state index contributed by atoms with van der Waals surface area (Å²) in [6, 6.07) is 2.18. The van der Waals surface area contributed by atoms with Crippen molar-refractivity contribution >= 4 is 27.3 Å². The number of aryl methyl sites for hydroxylation is 1. The third-order valence-electron chi connectivity index (χ3n) is 1.95. The van der Waals surface area contributed by atoms with Crippen molar-refractivity contribution in [3.8, 4) is 0 Å². The third kappa shape index (κ3) is 4.09. The van der Waals surface area contributed by atoms with E-state index in [1.165, 1.54) is 14.2 Å². The van der Waals surface area contributed by atoms with Crippen LogP contribution in [0, 0.1) is 6.92 Å². The Labute approximate surface area is 97.5 Å². The molecular weight excluding hydrogens is 262 g/mol. The summed E-state index contributed by atoms with van der Waals surface area (Å²) in [4.78, 5) is 1.33. The van der Waals surface area contributed by atoms with Gasteiger partial charge in [-0.3, -0.25) is 0 Å². The minimum absolute atomic E-state index is 0.209. The van der Waals surface area contributed by atoms with Gasteiger partial charge in [0.25, 0.3) is 0 Å². The predicted molar refractivity (Wildman–Crippen MR) is 64.8 cm³/mol. The maximum absolute atomic E-state index is 9.05. The van der Waals surface area contributed by atoms with Crippen LogP contribution in [-0.2, 0) is 6.54 Å². The minimum Gasteiger partial charge on any atom is -0.393 e. The molecule has 1 atom stereocenters. The van der Waals surface area contributed by atoms with Crippen LogP contribution in [0.4, 0.5) is 0 Å². The molecule has 0 aliphatic carbocycles. The van der Waals surface area contributed by atoms with E-state index in [1.54, 1.807) is 11.3 Å². The average molecular weight is 278 g/mol. The number of rotatable bonds is 5. The summed E-state index contributed by atoms with van der Waals surface area (Å²) in [5.41, 5.74) is 1.29. The zero-order valence-corrected chi connectivity index (χ0v) is 10.9. The standard InChI is InChI=1S/C10H16BrNOS/c1-7-5-9(14-10(7)11)6-12-4-3-8(2)13/h5,8,12-13H,3-4,6H2,1-2H3. The van der Waals surface area contributed by atoms with E-state index in [0.717, 1.165) is 19.5 Å². The topological polar surface area (TPSA) is 32.3 Å². The summed E-state index contributed by atoms with van der Waals surface area (Å²) in [5.74, 6) is 0. The molecule has 0 saturated carbocycles. The molecule has 0 spiro atoms. The van der Waals surface area contributed by atoms with Crippen molar-refractivity contribution in [2.75, 3.05) is 6.54 Å². The van der Waals surface area contributed by atoms with Gasteiger partial charge in [-0.05, 0) is 54.4 Å². The second kappa shape index (κ2) is 5.85. The fraction of sp³-hybridized carbons (Fsp3) is 0.600. The van der Waals surface area contributed by atoms with Crippen LogP contribution in [0.3, 0.4) is 0 Å². The number of hydrogen-bond donors (Lipinski definition) is 2. The lowest BCUT2D eigenvalue weighted by Gasteiger charge is -2.04. The van der Waals surface area contributed by atoms with Crippen molar-refractivity contribution in [3.05, 3.63) is 20.3 Å². The summed E-state index contributed by atoms with van der Waals surface area (Å²) < 4.78 is 1.21. The van der Waals surface area contributed by atoms with Crippen molar-refractivity contribution in [2.45, 2.75) is 32.9 Å². The van der Waals surface area contributed by atoms with Crippen molar-refractivity contribution < 1.29 is 5.11 Å². The van der Waals surface area contributed by atoms with E-state index >= 15 is 0 Å². The highest BCUT2D eigenvalue weighted by Gasteiger charge is 2.02. The van der Waals surface area contributed by atoms with Gasteiger partial charge >= 0.3 is 0 Å². The fourth-order valence-corrected chi connectivity index (χ4v) is 2.73. The van der Waals surface area contributed by atoms with Crippen LogP contribution in [0.15, 0.2) is 9.85 Å². The normalized spacial score (nSPS) is 13.1. The summed E-state index contributed by atoms with van der Waals surface area (Å²) in [5, 5.41) is 12.4. The van der Waals surface area contributed by atoms with Crippen molar-refractivity contribution in [1.29, 1.82) is 0 Å². The van der Waals surface area contributed by atoms with Crippen LogP contribution < -0.4 is 5.32 Å². The second-order valence-corrected chi connectivity index (χ2v) is 5.94. The van der Waals surface area contributed by atoms with Gasteiger partial charge in [-0.2, -0.15) is 0 Å². The van der Waals surface area contributed by atoms with Gasteiger partial charge in [0.15, 0.2) is 0 Å². The zero-order chi connectivity index (χ0) is 10.6. The summed E-state index contributed by atoms with van der Waals surface area (Å²) >= 11 is 5.26. The maximum atomic E-state index is 9.05. The lowest BCUT2D eigenvalue weighted by Crippen LogP contribution is -2.17. The van der Waals surface area contributed by atoms with Gasteiger partial charge in [-0.1, -0.05) is 0 Å². The summed E-state index contributed by atoms with van der Waals surface area (Å²) in [7, 11) is 0. The van der Waals surface area contributed by atoms with Gasteiger partial charge in [0.05, 0.1) is 9.89 Å². The Morgan fingerprint density at radius 1 is 1.64 bits per heavy atom. The van der Waals surface area contributed by atoms with E-state index in [0.29, 0.717) is 0 Å². The largest absolute Gasteiger partial charge is 0.393 e. The molecule has 14 heavy (non-hydrogen) atoms. The van der Waals surface area contributed by atoms with E-state index in [1.807, 2.05) is 6.92 Å². The van der Waals surface area contributed by atoms with Crippen LogP contribution >= 0.6 is 27.3 Å². The van der Waals surface area contributed by atoms with Gasteiger partial charge in [0.2, 0.25) is 0 Å².